The number of hydrogen-bond donors (Lipinski definition) is 0. The van der Waals surface area contributed by atoms with Gasteiger partial charge in [-0.25, -0.2) is 0 Å². The molecule has 0 N–H and O–H groups in total. The Bertz CT molecular complexity index is 339. The number of rotatable bonds is 8. The van der Waals surface area contributed by atoms with E-state index in [0.717, 1.165) is 36.6 Å². The number of benzene rings is 1. The van der Waals surface area contributed by atoms with E-state index in [0.29, 0.717) is 0 Å². The van der Waals surface area contributed by atoms with Crippen LogP contribution in [0.4, 0.5) is 0 Å². The monoisotopic (exact) mass is 249 g/mol. The van der Waals surface area contributed by atoms with Gasteiger partial charge in [-0.3, -0.25) is 0 Å². The van der Waals surface area contributed by atoms with Crippen LogP contribution < -0.4 is 4.43 Å². The molecule has 17 heavy (non-hydrogen) atoms. The minimum atomic E-state index is -0.892. The van der Waals surface area contributed by atoms with Crippen LogP contribution in [0.2, 0.25) is 6.04 Å². The topological polar surface area (TPSA) is 18.5 Å². The molecule has 0 unspecified atom stereocenters. The van der Waals surface area contributed by atoms with Crippen molar-refractivity contribution in [2.45, 2.75) is 26.3 Å². The maximum atomic E-state index is 6.03. The van der Waals surface area contributed by atoms with Gasteiger partial charge in [0.25, 0.3) is 0 Å². The lowest BCUT2D eigenvalue weighted by Gasteiger charge is -2.16. The van der Waals surface area contributed by atoms with E-state index in [9.17, 15) is 0 Å². The smallest absolute Gasteiger partial charge is 0.307 e. The summed E-state index contributed by atoms with van der Waals surface area (Å²) in [4.78, 5) is 0. The van der Waals surface area contributed by atoms with Crippen molar-refractivity contribution in [2.75, 3.05) is 12.8 Å². The van der Waals surface area contributed by atoms with Crippen LogP contribution in [-0.4, -0.2) is 21.9 Å². The second-order valence-corrected chi connectivity index (χ2v) is 5.87. The van der Waals surface area contributed by atoms with Crippen LogP contribution in [0.25, 0.3) is 6.08 Å². The Morgan fingerprint density at radius 3 is 2.82 bits per heavy atom. The summed E-state index contributed by atoms with van der Waals surface area (Å²) in [6, 6.07) is 9.16. The van der Waals surface area contributed by atoms with Crippen molar-refractivity contribution in [2.24, 2.45) is 0 Å². The Hall–Kier alpha value is -1.06. The highest BCUT2D eigenvalue weighted by Crippen LogP contribution is 2.16. The third-order valence-electron chi connectivity index (χ3n) is 2.35. The molecule has 0 aliphatic rings. The van der Waals surface area contributed by atoms with Gasteiger partial charge in [0, 0.05) is 6.61 Å². The molecular weight excluding hydrogens is 228 g/mol. The molecule has 0 bridgehead atoms. The minimum Gasteiger partial charge on any atom is -0.540 e. The fraction of sp³-hybridized carbons (Fsp3) is 0.429. The van der Waals surface area contributed by atoms with Crippen LogP contribution >= 0.6 is 0 Å². The predicted molar refractivity (Wildman–Crippen MR) is 74.5 cm³/mol. The summed E-state index contributed by atoms with van der Waals surface area (Å²) < 4.78 is 11.5. The molecule has 0 aliphatic heterocycles. The largest absolute Gasteiger partial charge is 0.540 e. The second kappa shape index (κ2) is 8.09. The van der Waals surface area contributed by atoms with Gasteiger partial charge in [-0.15, -0.1) is 0 Å². The zero-order valence-electron chi connectivity index (χ0n) is 10.7. The fourth-order valence-electron chi connectivity index (χ4n) is 1.52. The summed E-state index contributed by atoms with van der Waals surface area (Å²) in [7, 11) is -0.892. The lowest BCUT2D eigenvalue weighted by molar-refractivity contribution is 0.182. The average molecular weight is 249 g/mol. The number of ether oxygens (including phenoxy) is 1. The molecule has 1 aromatic rings. The van der Waals surface area contributed by atoms with Gasteiger partial charge in [0.05, 0.1) is 6.23 Å². The molecule has 1 radical (unpaired) electrons. The highest BCUT2D eigenvalue weighted by atomic mass is 28.3. The van der Waals surface area contributed by atoms with E-state index >= 15 is 0 Å². The van der Waals surface area contributed by atoms with Crippen molar-refractivity contribution < 1.29 is 9.16 Å². The summed E-state index contributed by atoms with van der Waals surface area (Å²) in [6.07, 6.45) is 3.73. The Labute approximate surface area is 106 Å². The molecule has 93 valence electrons. The first-order valence-electron chi connectivity index (χ1n) is 6.13. The third kappa shape index (κ3) is 5.19. The van der Waals surface area contributed by atoms with E-state index in [1.54, 1.807) is 0 Å². The van der Waals surface area contributed by atoms with Crippen molar-refractivity contribution in [3.05, 3.63) is 36.4 Å². The Morgan fingerprint density at radius 2 is 2.18 bits per heavy atom. The van der Waals surface area contributed by atoms with Gasteiger partial charge in [0.1, 0.15) is 5.75 Å². The van der Waals surface area contributed by atoms with E-state index in [2.05, 4.69) is 13.5 Å². The highest BCUT2D eigenvalue weighted by Gasteiger charge is 2.14. The maximum absolute atomic E-state index is 6.03. The lowest BCUT2D eigenvalue weighted by Crippen LogP contribution is -2.28. The molecule has 0 spiro atoms. The highest BCUT2D eigenvalue weighted by molar-refractivity contribution is 6.52. The SMILES string of the molecule is C=Cc1cccc(O[Si](CCC)COCC)c1. The minimum absolute atomic E-state index is 0.757. The summed E-state index contributed by atoms with van der Waals surface area (Å²) in [6.45, 7) is 8.72. The molecule has 0 atom stereocenters. The van der Waals surface area contributed by atoms with Crippen LogP contribution in [0, 0.1) is 0 Å². The standard InChI is InChI=1S/C14H21O2Si/c1-4-10-17(12-15-6-3)16-14-9-7-8-13(5-2)11-14/h5,7-9,11H,2,4,6,10,12H2,1,3H3. The van der Waals surface area contributed by atoms with Crippen LogP contribution in [0.15, 0.2) is 30.8 Å². The molecule has 1 rings (SSSR count). The third-order valence-corrected chi connectivity index (χ3v) is 4.46. The predicted octanol–water partition coefficient (Wildman–Crippen LogP) is 3.69. The van der Waals surface area contributed by atoms with Gasteiger partial charge in [-0.1, -0.05) is 38.1 Å². The van der Waals surface area contributed by atoms with Crippen molar-refractivity contribution in [1.82, 2.24) is 0 Å². The van der Waals surface area contributed by atoms with Gasteiger partial charge in [0.15, 0.2) is 0 Å². The van der Waals surface area contributed by atoms with E-state index in [-0.39, 0.29) is 0 Å². The molecule has 3 heteroatoms. The van der Waals surface area contributed by atoms with Crippen molar-refractivity contribution >= 4 is 15.1 Å². The van der Waals surface area contributed by atoms with Gasteiger partial charge in [-0.2, -0.15) is 0 Å². The number of hydrogen-bond acceptors (Lipinski definition) is 2. The van der Waals surface area contributed by atoms with Crippen LogP contribution in [-0.2, 0) is 4.74 Å². The molecule has 0 saturated carbocycles. The van der Waals surface area contributed by atoms with Gasteiger partial charge in [-0.05, 0) is 30.7 Å². The van der Waals surface area contributed by atoms with Crippen LogP contribution in [0.5, 0.6) is 5.75 Å². The van der Waals surface area contributed by atoms with E-state index in [1.807, 2.05) is 37.3 Å². The van der Waals surface area contributed by atoms with E-state index in [4.69, 9.17) is 9.16 Å². The molecule has 0 amide bonds. The van der Waals surface area contributed by atoms with Crippen molar-refractivity contribution in [3.8, 4) is 5.75 Å². The molecule has 0 saturated heterocycles. The van der Waals surface area contributed by atoms with Gasteiger partial charge in [0.2, 0.25) is 0 Å². The van der Waals surface area contributed by atoms with Crippen LogP contribution in [0.3, 0.4) is 0 Å². The van der Waals surface area contributed by atoms with E-state index < -0.39 is 9.04 Å². The van der Waals surface area contributed by atoms with Gasteiger partial charge < -0.3 is 9.16 Å². The summed E-state index contributed by atoms with van der Waals surface area (Å²) in [5, 5.41) is 0. The van der Waals surface area contributed by atoms with Crippen LogP contribution in [0.1, 0.15) is 25.8 Å². The zero-order chi connectivity index (χ0) is 12.5. The molecular formula is C14H21O2Si. The van der Waals surface area contributed by atoms with Gasteiger partial charge >= 0.3 is 9.04 Å². The molecule has 0 fully saturated rings. The maximum Gasteiger partial charge on any atom is 0.307 e. The Morgan fingerprint density at radius 1 is 1.35 bits per heavy atom. The van der Waals surface area contributed by atoms with E-state index in [1.165, 1.54) is 0 Å². The Kier molecular flexibility index (Phi) is 6.66. The second-order valence-electron chi connectivity index (χ2n) is 3.80. The first-order valence-corrected chi connectivity index (χ1v) is 7.95. The normalized spacial score (nSPS) is 10.5. The summed E-state index contributed by atoms with van der Waals surface area (Å²) >= 11 is 0. The zero-order valence-corrected chi connectivity index (χ0v) is 11.7. The first-order chi connectivity index (χ1) is 8.30. The summed E-state index contributed by atoms with van der Waals surface area (Å²) in [5.41, 5.74) is 1.09. The average Bonchev–Trinajstić information content (AvgIpc) is 2.36. The summed E-state index contributed by atoms with van der Waals surface area (Å²) in [5.74, 6) is 0.935. The molecule has 2 nitrogen and oxygen atoms in total. The van der Waals surface area contributed by atoms with Crippen molar-refractivity contribution in [1.29, 1.82) is 0 Å². The first kappa shape index (κ1) is 14.0. The van der Waals surface area contributed by atoms with Crippen molar-refractivity contribution in [3.63, 3.8) is 0 Å². The lowest BCUT2D eigenvalue weighted by atomic mass is 10.2. The molecule has 1 aromatic carbocycles. The molecule has 0 aromatic heterocycles. The fourth-order valence-corrected chi connectivity index (χ4v) is 3.27. The molecule has 0 aliphatic carbocycles. The Balaban J connectivity index is 2.60. The quantitative estimate of drug-likeness (QED) is 0.654. The molecule has 0 heterocycles.